The lowest BCUT2D eigenvalue weighted by Gasteiger charge is -2.32. The van der Waals surface area contributed by atoms with Crippen LogP contribution in [-0.4, -0.2) is 28.8 Å². The Kier molecular flexibility index (Phi) is 7.73. The highest BCUT2D eigenvalue weighted by Gasteiger charge is 2.18. The largest absolute Gasteiger partial charge is 0.465 e. The molecule has 2 nitrogen and oxygen atoms in total. The quantitative estimate of drug-likeness (QED) is 0.719. The third-order valence-corrected chi connectivity index (χ3v) is 3.13. The minimum atomic E-state index is 0.00473. The Morgan fingerprint density at radius 2 is 1.56 bits per heavy atom. The summed E-state index contributed by atoms with van der Waals surface area (Å²) < 4.78 is 5.35. The van der Waals surface area contributed by atoms with Crippen molar-refractivity contribution in [3.05, 3.63) is 9.52 Å². The van der Waals surface area contributed by atoms with Crippen LogP contribution in [0.1, 0.15) is 27.7 Å². The van der Waals surface area contributed by atoms with Crippen molar-refractivity contribution in [2.75, 3.05) is 6.61 Å². The fourth-order valence-electron chi connectivity index (χ4n) is 1.27. The van der Waals surface area contributed by atoms with Gasteiger partial charge in [0.1, 0.15) is 11.1 Å². The van der Waals surface area contributed by atoms with Crippen molar-refractivity contribution in [2.24, 2.45) is 0 Å². The van der Waals surface area contributed by atoms with Crippen molar-refractivity contribution >= 4 is 52.2 Å². The van der Waals surface area contributed by atoms with Gasteiger partial charge in [-0.15, -0.1) is 0 Å². The average molecular weight is 305 g/mol. The number of ether oxygens (including phenoxy) is 1. The van der Waals surface area contributed by atoms with Gasteiger partial charge in [-0.05, 0) is 39.9 Å². The smallest absolute Gasteiger partial charge is 0.260 e. The van der Waals surface area contributed by atoms with E-state index in [9.17, 15) is 0 Å². The van der Waals surface area contributed by atoms with E-state index in [1.807, 2.05) is 32.6 Å². The van der Waals surface area contributed by atoms with E-state index in [-0.39, 0.29) is 28.2 Å². The zero-order valence-corrected chi connectivity index (χ0v) is 12.8. The van der Waals surface area contributed by atoms with E-state index in [1.54, 1.807) is 0 Å². The molecule has 94 valence electrons. The minimum Gasteiger partial charge on any atom is -0.465 e. The van der Waals surface area contributed by atoms with Gasteiger partial charge in [0.2, 0.25) is 0 Å². The van der Waals surface area contributed by atoms with Crippen LogP contribution in [0, 0.1) is 0 Å². The summed E-state index contributed by atoms with van der Waals surface area (Å²) in [4.78, 5) is 1.97. The molecule has 0 unspecified atom stereocenters. The molecule has 0 amide bonds. The molecule has 0 saturated carbocycles. The van der Waals surface area contributed by atoms with Gasteiger partial charge in [0.15, 0.2) is 0 Å². The Bertz CT molecular complexity index is 267. The predicted octanol–water partition coefficient (Wildman–Crippen LogP) is 4.29. The molecule has 0 fully saturated rings. The summed E-state index contributed by atoms with van der Waals surface area (Å²) in [6.07, 6.45) is 0. The molecular formula is C10H16Cl3NOS. The first-order valence-corrected chi connectivity index (χ1v) is 6.46. The van der Waals surface area contributed by atoms with Crippen LogP contribution in [0.5, 0.6) is 0 Å². The molecule has 16 heavy (non-hydrogen) atoms. The molecule has 0 aromatic heterocycles. The van der Waals surface area contributed by atoms with E-state index >= 15 is 0 Å². The van der Waals surface area contributed by atoms with Gasteiger partial charge in [-0.25, -0.2) is 0 Å². The van der Waals surface area contributed by atoms with Crippen LogP contribution in [0.25, 0.3) is 0 Å². The summed E-state index contributed by atoms with van der Waals surface area (Å²) in [6, 6.07) is 0.531. The zero-order chi connectivity index (χ0) is 12.9. The maximum atomic E-state index is 5.74. The summed E-state index contributed by atoms with van der Waals surface area (Å²) in [7, 11) is 0. The Morgan fingerprint density at radius 1 is 1.12 bits per heavy atom. The molecule has 0 bridgehead atoms. The van der Waals surface area contributed by atoms with Crippen LogP contribution in [0.2, 0.25) is 0 Å². The van der Waals surface area contributed by atoms with Crippen LogP contribution in [0.4, 0.5) is 0 Å². The molecule has 0 N–H and O–H groups in total. The van der Waals surface area contributed by atoms with Gasteiger partial charge in [0.25, 0.3) is 5.17 Å². The number of thiocarbonyl (C=S) groups is 1. The highest BCUT2D eigenvalue weighted by molar-refractivity contribution is 7.80. The summed E-state index contributed by atoms with van der Waals surface area (Å²) in [5.74, 6) is 0. The highest BCUT2D eigenvalue weighted by atomic mass is 35.5. The number of hydrogen-bond donors (Lipinski definition) is 0. The van der Waals surface area contributed by atoms with E-state index in [0.29, 0.717) is 5.17 Å². The van der Waals surface area contributed by atoms with E-state index in [2.05, 4.69) is 0 Å². The van der Waals surface area contributed by atoms with Crippen molar-refractivity contribution in [1.29, 1.82) is 0 Å². The van der Waals surface area contributed by atoms with Crippen LogP contribution in [0.15, 0.2) is 9.52 Å². The molecule has 0 rings (SSSR count). The van der Waals surface area contributed by atoms with Gasteiger partial charge in [-0.1, -0.05) is 34.8 Å². The van der Waals surface area contributed by atoms with Crippen molar-refractivity contribution in [3.63, 3.8) is 0 Å². The first-order valence-electron chi connectivity index (χ1n) is 4.92. The molecule has 6 heteroatoms. The number of hydrogen-bond acceptors (Lipinski definition) is 2. The van der Waals surface area contributed by atoms with E-state index in [1.165, 1.54) is 0 Å². The molecule has 0 heterocycles. The van der Waals surface area contributed by atoms with Crippen molar-refractivity contribution in [3.8, 4) is 0 Å². The summed E-state index contributed by atoms with van der Waals surface area (Å²) >= 11 is 21.9. The van der Waals surface area contributed by atoms with E-state index in [4.69, 9.17) is 51.8 Å². The van der Waals surface area contributed by atoms with Crippen molar-refractivity contribution in [2.45, 2.75) is 39.8 Å². The standard InChI is InChI=1S/C10H16Cl3NOS/c1-6(2)14(7(3)4)10(16)15-5-8(11)9(12)13/h6-7H,5H2,1-4H3. The van der Waals surface area contributed by atoms with Crippen LogP contribution < -0.4 is 0 Å². The molecule has 0 atom stereocenters. The zero-order valence-electron chi connectivity index (χ0n) is 9.76. The number of nitrogens with zero attached hydrogens (tertiary/aromatic N) is 1. The lowest BCUT2D eigenvalue weighted by molar-refractivity contribution is 0.209. The SMILES string of the molecule is CC(C)N(C(=S)OCC(Cl)=C(Cl)Cl)C(C)C. The van der Waals surface area contributed by atoms with E-state index in [0.717, 1.165) is 0 Å². The van der Waals surface area contributed by atoms with Gasteiger partial charge in [-0.3, -0.25) is 0 Å². The van der Waals surface area contributed by atoms with Crippen LogP contribution >= 0.6 is 47.0 Å². The number of rotatable bonds is 4. The first kappa shape index (κ1) is 16.3. The molecule has 0 aliphatic rings. The van der Waals surface area contributed by atoms with Crippen LogP contribution in [0.3, 0.4) is 0 Å². The van der Waals surface area contributed by atoms with Crippen LogP contribution in [-0.2, 0) is 4.74 Å². The summed E-state index contributed by atoms with van der Waals surface area (Å²) in [6.45, 7) is 8.27. The third-order valence-electron chi connectivity index (χ3n) is 1.85. The fourth-order valence-corrected chi connectivity index (χ4v) is 1.92. The van der Waals surface area contributed by atoms with Gasteiger partial charge in [-0.2, -0.15) is 0 Å². The second-order valence-electron chi connectivity index (χ2n) is 3.81. The van der Waals surface area contributed by atoms with Gasteiger partial charge < -0.3 is 9.64 Å². The van der Waals surface area contributed by atoms with E-state index < -0.39 is 0 Å². The van der Waals surface area contributed by atoms with Gasteiger partial charge in [0.05, 0.1) is 5.03 Å². The molecule has 0 spiro atoms. The molecule has 0 saturated heterocycles. The van der Waals surface area contributed by atoms with Gasteiger partial charge in [0, 0.05) is 12.1 Å². The second-order valence-corrected chi connectivity index (χ2v) is 5.57. The monoisotopic (exact) mass is 303 g/mol. The molecule has 0 aromatic rings. The summed E-state index contributed by atoms with van der Waals surface area (Å²) in [5.41, 5.74) is 0. The second kappa shape index (κ2) is 7.59. The maximum Gasteiger partial charge on any atom is 0.260 e. The molecule has 0 aromatic carbocycles. The minimum absolute atomic E-state index is 0.00473. The maximum absolute atomic E-state index is 5.74. The molecule has 0 aliphatic heterocycles. The predicted molar refractivity (Wildman–Crippen MR) is 75.2 cm³/mol. The first-order chi connectivity index (χ1) is 7.27. The van der Waals surface area contributed by atoms with Crippen molar-refractivity contribution < 1.29 is 4.74 Å². The normalized spacial score (nSPS) is 10.6. The Morgan fingerprint density at radius 3 is 1.88 bits per heavy atom. The molecule has 0 radical (unpaired) electrons. The molecular weight excluding hydrogens is 289 g/mol. The molecule has 0 aliphatic carbocycles. The van der Waals surface area contributed by atoms with Gasteiger partial charge >= 0.3 is 0 Å². The Hall–Kier alpha value is 0.300. The Balaban J connectivity index is 4.40. The lowest BCUT2D eigenvalue weighted by Crippen LogP contribution is -2.42. The lowest BCUT2D eigenvalue weighted by atomic mass is 10.2. The topological polar surface area (TPSA) is 12.5 Å². The Labute approximate surface area is 117 Å². The third kappa shape index (κ3) is 5.58. The summed E-state index contributed by atoms with van der Waals surface area (Å²) in [5, 5.41) is 0.649. The highest BCUT2D eigenvalue weighted by Crippen LogP contribution is 2.18. The van der Waals surface area contributed by atoms with Crippen molar-refractivity contribution in [1.82, 2.24) is 4.90 Å². The fraction of sp³-hybridized carbons (Fsp3) is 0.700. The number of halogens is 3. The average Bonchev–Trinajstić information content (AvgIpc) is 2.12.